The number of fused-ring (bicyclic) bond motifs is 1. The van der Waals surface area contributed by atoms with Crippen molar-refractivity contribution in [3.05, 3.63) is 62.8 Å². The average Bonchev–Trinajstić information content (AvgIpc) is 2.49. The van der Waals surface area contributed by atoms with Crippen LogP contribution in [0.3, 0.4) is 0 Å². The summed E-state index contributed by atoms with van der Waals surface area (Å²) in [5.41, 5.74) is 2.27. The first-order valence-corrected chi connectivity index (χ1v) is 7.77. The van der Waals surface area contributed by atoms with Crippen molar-refractivity contribution < 1.29 is 13.9 Å². The third-order valence-corrected chi connectivity index (χ3v) is 3.99. The van der Waals surface area contributed by atoms with Crippen LogP contribution in [0.1, 0.15) is 18.1 Å². The minimum absolute atomic E-state index is 0.143. The lowest BCUT2D eigenvalue weighted by molar-refractivity contribution is -0.131. The molecular weight excluding hydrogens is 328 g/mol. The van der Waals surface area contributed by atoms with Gasteiger partial charge in [-0.15, -0.1) is 0 Å². The largest absolute Gasteiger partial charge is 0.452 e. The van der Waals surface area contributed by atoms with E-state index >= 15 is 0 Å². The lowest BCUT2D eigenvalue weighted by atomic mass is 10.0. The lowest BCUT2D eigenvalue weighted by Crippen LogP contribution is -2.14. The molecule has 0 aliphatic heterocycles. The Bertz CT molecular complexity index is 1020. The fourth-order valence-electron chi connectivity index (χ4n) is 2.73. The minimum Gasteiger partial charge on any atom is -0.452 e. The average molecular weight is 343 g/mol. The Morgan fingerprint density at radius 2 is 1.88 bits per heavy atom. The van der Waals surface area contributed by atoms with Crippen LogP contribution in [0.25, 0.3) is 22.3 Å². The molecule has 0 fully saturated rings. The number of hydrogen-bond acceptors (Lipinski definition) is 4. The SMILES string of the molecule is CC(=O)Oc1c(-c2ccccc2Cl)oc2cc(C)cc(C)c2c1=O. The molecule has 24 heavy (non-hydrogen) atoms. The highest BCUT2D eigenvalue weighted by Crippen LogP contribution is 2.36. The Morgan fingerprint density at radius 3 is 2.54 bits per heavy atom. The van der Waals surface area contributed by atoms with Crippen LogP contribution in [0.15, 0.2) is 45.6 Å². The zero-order chi connectivity index (χ0) is 17.4. The fourth-order valence-corrected chi connectivity index (χ4v) is 2.95. The summed E-state index contributed by atoms with van der Waals surface area (Å²) in [5.74, 6) is -0.590. The van der Waals surface area contributed by atoms with E-state index in [4.69, 9.17) is 20.8 Å². The number of benzene rings is 2. The summed E-state index contributed by atoms with van der Waals surface area (Å²) in [6.45, 7) is 4.97. The van der Waals surface area contributed by atoms with E-state index in [0.717, 1.165) is 11.1 Å². The number of carbonyl (C=O) groups is 1. The monoisotopic (exact) mass is 342 g/mol. The van der Waals surface area contributed by atoms with E-state index in [1.807, 2.05) is 19.9 Å². The van der Waals surface area contributed by atoms with Crippen LogP contribution in [-0.4, -0.2) is 5.97 Å². The van der Waals surface area contributed by atoms with E-state index in [2.05, 4.69) is 0 Å². The van der Waals surface area contributed by atoms with Crippen LogP contribution in [-0.2, 0) is 4.79 Å². The van der Waals surface area contributed by atoms with Gasteiger partial charge in [-0.05, 0) is 43.2 Å². The summed E-state index contributed by atoms with van der Waals surface area (Å²) < 4.78 is 11.1. The molecule has 0 atom stereocenters. The van der Waals surface area contributed by atoms with Gasteiger partial charge >= 0.3 is 5.97 Å². The molecule has 0 amide bonds. The summed E-state index contributed by atoms with van der Waals surface area (Å²) in [6, 6.07) is 10.6. The van der Waals surface area contributed by atoms with Gasteiger partial charge in [0.05, 0.1) is 10.4 Å². The molecule has 0 aliphatic rings. The van der Waals surface area contributed by atoms with Gasteiger partial charge in [0.15, 0.2) is 5.76 Å². The summed E-state index contributed by atoms with van der Waals surface area (Å²) >= 11 is 6.23. The third-order valence-electron chi connectivity index (χ3n) is 3.66. The highest BCUT2D eigenvalue weighted by atomic mass is 35.5. The van der Waals surface area contributed by atoms with Crippen molar-refractivity contribution in [3.8, 4) is 17.1 Å². The van der Waals surface area contributed by atoms with Crippen molar-refractivity contribution in [2.24, 2.45) is 0 Å². The minimum atomic E-state index is -0.597. The Hall–Kier alpha value is -2.59. The van der Waals surface area contributed by atoms with Crippen molar-refractivity contribution in [1.29, 1.82) is 0 Å². The number of aryl methyl sites for hydroxylation is 2. The number of ether oxygens (including phenoxy) is 1. The Kier molecular flexibility index (Phi) is 4.16. The van der Waals surface area contributed by atoms with E-state index in [-0.39, 0.29) is 16.9 Å². The molecule has 1 aromatic heterocycles. The van der Waals surface area contributed by atoms with Crippen molar-refractivity contribution in [2.75, 3.05) is 0 Å². The quantitative estimate of drug-likeness (QED) is 0.636. The molecule has 0 radical (unpaired) electrons. The normalized spacial score (nSPS) is 10.8. The van der Waals surface area contributed by atoms with Gasteiger partial charge in [0.2, 0.25) is 11.2 Å². The zero-order valence-corrected chi connectivity index (χ0v) is 14.2. The summed E-state index contributed by atoms with van der Waals surface area (Å²) in [6.07, 6.45) is 0. The summed E-state index contributed by atoms with van der Waals surface area (Å²) in [7, 11) is 0. The first-order valence-electron chi connectivity index (χ1n) is 7.40. The van der Waals surface area contributed by atoms with Gasteiger partial charge in [-0.1, -0.05) is 29.8 Å². The maximum Gasteiger partial charge on any atom is 0.308 e. The van der Waals surface area contributed by atoms with Crippen LogP contribution >= 0.6 is 11.6 Å². The molecule has 0 bridgehead atoms. The van der Waals surface area contributed by atoms with Gasteiger partial charge in [-0.3, -0.25) is 9.59 Å². The van der Waals surface area contributed by atoms with E-state index in [9.17, 15) is 9.59 Å². The van der Waals surface area contributed by atoms with Crippen LogP contribution in [0, 0.1) is 13.8 Å². The van der Waals surface area contributed by atoms with Crippen LogP contribution in [0.2, 0.25) is 5.02 Å². The second kappa shape index (κ2) is 6.13. The molecule has 1 heterocycles. The number of rotatable bonds is 2. The molecule has 2 aromatic carbocycles. The second-order valence-electron chi connectivity index (χ2n) is 5.62. The number of carbonyl (C=O) groups excluding carboxylic acids is 1. The molecule has 0 aliphatic carbocycles. The van der Waals surface area contributed by atoms with Crippen LogP contribution < -0.4 is 10.2 Å². The predicted molar refractivity (Wildman–Crippen MR) is 93.7 cm³/mol. The summed E-state index contributed by atoms with van der Waals surface area (Å²) in [4.78, 5) is 24.4. The van der Waals surface area contributed by atoms with Crippen molar-refractivity contribution in [1.82, 2.24) is 0 Å². The molecule has 3 rings (SSSR count). The van der Waals surface area contributed by atoms with E-state index in [1.165, 1.54) is 6.92 Å². The maximum absolute atomic E-state index is 12.9. The Morgan fingerprint density at radius 1 is 1.17 bits per heavy atom. The molecule has 0 saturated carbocycles. The Labute approximate surface area is 143 Å². The van der Waals surface area contributed by atoms with Gasteiger partial charge in [0, 0.05) is 12.5 Å². The molecule has 0 N–H and O–H groups in total. The third kappa shape index (κ3) is 2.81. The lowest BCUT2D eigenvalue weighted by Gasteiger charge is -2.12. The predicted octanol–water partition coefficient (Wildman–Crippen LogP) is 4.66. The van der Waals surface area contributed by atoms with Gasteiger partial charge in [0.1, 0.15) is 5.58 Å². The first kappa shape index (κ1) is 16.3. The molecule has 0 spiro atoms. The van der Waals surface area contributed by atoms with E-state index in [1.54, 1.807) is 30.3 Å². The second-order valence-corrected chi connectivity index (χ2v) is 6.03. The maximum atomic E-state index is 12.9. The molecule has 0 unspecified atom stereocenters. The molecule has 5 heteroatoms. The first-order chi connectivity index (χ1) is 11.4. The fraction of sp³-hybridized carbons (Fsp3) is 0.158. The zero-order valence-electron chi connectivity index (χ0n) is 13.5. The van der Waals surface area contributed by atoms with E-state index in [0.29, 0.717) is 21.6 Å². The van der Waals surface area contributed by atoms with Gasteiger partial charge in [-0.2, -0.15) is 0 Å². The van der Waals surface area contributed by atoms with Crippen molar-refractivity contribution >= 4 is 28.5 Å². The molecule has 3 aromatic rings. The van der Waals surface area contributed by atoms with Crippen LogP contribution in [0.5, 0.6) is 5.75 Å². The molecule has 122 valence electrons. The number of esters is 1. The standard InChI is InChI=1S/C19H15ClO4/c1-10-8-11(2)16-15(9-10)24-18(13-6-4-5-7-14(13)20)19(17(16)22)23-12(3)21/h4-9H,1-3H3. The Balaban J connectivity index is 2.45. The van der Waals surface area contributed by atoms with E-state index < -0.39 is 5.97 Å². The highest BCUT2D eigenvalue weighted by molar-refractivity contribution is 6.33. The highest BCUT2D eigenvalue weighted by Gasteiger charge is 2.21. The smallest absolute Gasteiger partial charge is 0.308 e. The molecular formula is C19H15ClO4. The van der Waals surface area contributed by atoms with Gasteiger partial charge in [0.25, 0.3) is 0 Å². The number of halogens is 1. The van der Waals surface area contributed by atoms with Crippen molar-refractivity contribution in [2.45, 2.75) is 20.8 Å². The topological polar surface area (TPSA) is 56.5 Å². The molecule has 0 saturated heterocycles. The molecule has 4 nitrogen and oxygen atoms in total. The van der Waals surface area contributed by atoms with Gasteiger partial charge in [-0.25, -0.2) is 0 Å². The van der Waals surface area contributed by atoms with Crippen molar-refractivity contribution in [3.63, 3.8) is 0 Å². The number of hydrogen-bond donors (Lipinski definition) is 0. The van der Waals surface area contributed by atoms with Gasteiger partial charge < -0.3 is 9.15 Å². The van der Waals surface area contributed by atoms with Crippen LogP contribution in [0.4, 0.5) is 0 Å². The summed E-state index contributed by atoms with van der Waals surface area (Å²) in [5, 5.41) is 0.797.